The highest BCUT2D eigenvalue weighted by Gasteiger charge is 2.20. The summed E-state index contributed by atoms with van der Waals surface area (Å²) < 4.78 is 10.3. The molecular weight excluding hydrogens is 294 g/mol. The first-order valence-electron chi connectivity index (χ1n) is 7.47. The Morgan fingerprint density at radius 2 is 2.04 bits per heavy atom. The minimum absolute atomic E-state index is 0.154. The fourth-order valence-corrected chi connectivity index (χ4v) is 2.12. The van der Waals surface area contributed by atoms with E-state index >= 15 is 0 Å². The molecule has 0 bridgehead atoms. The lowest BCUT2D eigenvalue weighted by molar-refractivity contribution is -0.00161. The van der Waals surface area contributed by atoms with Crippen LogP contribution in [0, 0.1) is 5.92 Å². The van der Waals surface area contributed by atoms with E-state index in [0.717, 1.165) is 5.57 Å². The first-order valence-corrected chi connectivity index (χ1v) is 7.47. The summed E-state index contributed by atoms with van der Waals surface area (Å²) >= 11 is 0. The van der Waals surface area contributed by atoms with Crippen LogP contribution in [-0.4, -0.2) is 37.1 Å². The molecule has 0 heterocycles. The maximum Gasteiger partial charge on any atom is 0.411 e. The summed E-state index contributed by atoms with van der Waals surface area (Å²) in [4.78, 5) is 11.7. The lowest BCUT2D eigenvalue weighted by atomic mass is 9.97. The number of benzene rings is 1. The number of rotatable bonds is 8. The quantitative estimate of drug-likeness (QED) is 0.721. The van der Waals surface area contributed by atoms with Crippen molar-refractivity contribution in [2.24, 2.45) is 5.92 Å². The van der Waals surface area contributed by atoms with Crippen LogP contribution in [0.15, 0.2) is 54.6 Å². The Bertz CT molecular complexity index is 527. The highest BCUT2D eigenvalue weighted by atomic mass is 16.5. The standard InChI is InChI=1S/C18H25NO4/c1-5-16(22-4)17(20)14(3)11-13(2)12-23-18(21)19-15-9-7-6-8-10-15/h5-11,14,16-17,20H,1,12H2,2-4H3,(H,19,21). The molecule has 3 atom stereocenters. The second kappa shape index (κ2) is 9.82. The zero-order valence-electron chi connectivity index (χ0n) is 13.9. The minimum Gasteiger partial charge on any atom is -0.445 e. The topological polar surface area (TPSA) is 67.8 Å². The van der Waals surface area contributed by atoms with Gasteiger partial charge < -0.3 is 14.6 Å². The molecule has 0 spiro atoms. The van der Waals surface area contributed by atoms with Crippen molar-refractivity contribution in [1.82, 2.24) is 0 Å². The van der Waals surface area contributed by atoms with Crippen molar-refractivity contribution in [3.63, 3.8) is 0 Å². The van der Waals surface area contributed by atoms with Gasteiger partial charge in [0.25, 0.3) is 0 Å². The number of hydrogen-bond donors (Lipinski definition) is 2. The van der Waals surface area contributed by atoms with Gasteiger partial charge in [0.1, 0.15) is 12.7 Å². The van der Waals surface area contributed by atoms with E-state index in [1.54, 1.807) is 18.2 Å². The first-order chi connectivity index (χ1) is 11.0. The van der Waals surface area contributed by atoms with Crippen LogP contribution in [0.5, 0.6) is 0 Å². The van der Waals surface area contributed by atoms with Crippen molar-refractivity contribution >= 4 is 11.8 Å². The summed E-state index contributed by atoms with van der Waals surface area (Å²) in [6.45, 7) is 7.50. The maximum atomic E-state index is 11.7. The Hall–Kier alpha value is -2.11. The number of anilines is 1. The predicted octanol–water partition coefficient (Wildman–Crippen LogP) is 3.38. The van der Waals surface area contributed by atoms with E-state index < -0.39 is 18.3 Å². The van der Waals surface area contributed by atoms with Crippen LogP contribution in [-0.2, 0) is 9.47 Å². The van der Waals surface area contributed by atoms with Crippen LogP contribution in [0.25, 0.3) is 0 Å². The molecule has 1 amide bonds. The number of aliphatic hydroxyl groups is 1. The highest BCUT2D eigenvalue weighted by molar-refractivity contribution is 5.84. The summed E-state index contributed by atoms with van der Waals surface area (Å²) in [5, 5.41) is 12.8. The molecule has 5 heteroatoms. The van der Waals surface area contributed by atoms with E-state index in [9.17, 15) is 9.90 Å². The van der Waals surface area contributed by atoms with Crippen LogP contribution < -0.4 is 5.32 Å². The van der Waals surface area contributed by atoms with E-state index in [1.807, 2.05) is 38.1 Å². The summed E-state index contributed by atoms with van der Waals surface area (Å²) in [6.07, 6.45) is 1.77. The molecule has 1 rings (SSSR count). The highest BCUT2D eigenvalue weighted by Crippen LogP contribution is 2.14. The second-order valence-electron chi connectivity index (χ2n) is 5.37. The monoisotopic (exact) mass is 319 g/mol. The second-order valence-corrected chi connectivity index (χ2v) is 5.37. The minimum atomic E-state index is -0.703. The summed E-state index contributed by atoms with van der Waals surface area (Å²) in [6, 6.07) is 9.09. The van der Waals surface area contributed by atoms with Crippen molar-refractivity contribution in [3.05, 3.63) is 54.6 Å². The summed E-state index contributed by atoms with van der Waals surface area (Å²) in [5.74, 6) is -0.154. The third-order valence-electron chi connectivity index (χ3n) is 3.38. The number of amides is 1. The number of methoxy groups -OCH3 is 1. The van der Waals surface area contributed by atoms with Crippen molar-refractivity contribution in [2.45, 2.75) is 26.1 Å². The van der Waals surface area contributed by atoms with Crippen LogP contribution >= 0.6 is 0 Å². The van der Waals surface area contributed by atoms with Crippen LogP contribution in [0.3, 0.4) is 0 Å². The van der Waals surface area contributed by atoms with E-state index in [2.05, 4.69) is 11.9 Å². The Morgan fingerprint density at radius 3 is 2.61 bits per heavy atom. The van der Waals surface area contributed by atoms with Crippen molar-refractivity contribution in [2.75, 3.05) is 19.0 Å². The molecule has 0 radical (unpaired) electrons. The molecule has 0 aliphatic heterocycles. The number of ether oxygens (including phenoxy) is 2. The molecule has 3 unspecified atom stereocenters. The van der Waals surface area contributed by atoms with E-state index in [4.69, 9.17) is 9.47 Å². The first kappa shape index (κ1) is 18.9. The normalized spacial score (nSPS) is 15.4. The van der Waals surface area contributed by atoms with Gasteiger partial charge in [-0.05, 0) is 24.6 Å². The molecule has 126 valence electrons. The van der Waals surface area contributed by atoms with Gasteiger partial charge in [-0.3, -0.25) is 5.32 Å². The van der Waals surface area contributed by atoms with Gasteiger partial charge in [0.05, 0.1) is 6.10 Å². The van der Waals surface area contributed by atoms with Crippen LogP contribution in [0.4, 0.5) is 10.5 Å². The number of para-hydroxylation sites is 1. The van der Waals surface area contributed by atoms with E-state index in [1.165, 1.54) is 7.11 Å². The Morgan fingerprint density at radius 1 is 1.39 bits per heavy atom. The molecule has 23 heavy (non-hydrogen) atoms. The SMILES string of the molecule is C=CC(OC)C(O)C(C)C=C(C)COC(=O)Nc1ccccc1. The Balaban J connectivity index is 2.47. The predicted molar refractivity (Wildman–Crippen MR) is 91.3 cm³/mol. The molecule has 0 saturated heterocycles. The number of hydrogen-bond acceptors (Lipinski definition) is 4. The van der Waals surface area contributed by atoms with Gasteiger partial charge in [0, 0.05) is 18.7 Å². The van der Waals surface area contributed by atoms with E-state index in [0.29, 0.717) is 5.69 Å². The molecule has 2 N–H and O–H groups in total. The Labute approximate surface area is 137 Å². The van der Waals surface area contributed by atoms with Crippen molar-refractivity contribution in [3.8, 4) is 0 Å². The molecule has 5 nitrogen and oxygen atoms in total. The third kappa shape index (κ3) is 6.67. The fourth-order valence-electron chi connectivity index (χ4n) is 2.12. The molecule has 0 aromatic heterocycles. The molecular formula is C18H25NO4. The molecule has 0 aliphatic carbocycles. The fraction of sp³-hybridized carbons (Fsp3) is 0.389. The zero-order valence-corrected chi connectivity index (χ0v) is 13.9. The van der Waals surface area contributed by atoms with Crippen LogP contribution in [0.1, 0.15) is 13.8 Å². The van der Waals surface area contributed by atoms with Gasteiger partial charge in [-0.15, -0.1) is 6.58 Å². The van der Waals surface area contributed by atoms with Crippen molar-refractivity contribution < 1.29 is 19.4 Å². The van der Waals surface area contributed by atoms with Crippen molar-refractivity contribution in [1.29, 1.82) is 0 Å². The van der Waals surface area contributed by atoms with Gasteiger partial charge in [0.15, 0.2) is 0 Å². The van der Waals surface area contributed by atoms with Gasteiger partial charge in [0.2, 0.25) is 0 Å². The molecule has 0 fully saturated rings. The molecule has 0 saturated carbocycles. The summed E-state index contributed by atoms with van der Waals surface area (Å²) in [7, 11) is 1.52. The lowest BCUT2D eigenvalue weighted by Crippen LogP contribution is -2.31. The smallest absolute Gasteiger partial charge is 0.411 e. The van der Waals surface area contributed by atoms with Gasteiger partial charge >= 0.3 is 6.09 Å². The zero-order chi connectivity index (χ0) is 17.2. The van der Waals surface area contributed by atoms with Gasteiger partial charge in [-0.1, -0.05) is 37.3 Å². The Kier molecular flexibility index (Phi) is 8.08. The maximum absolute atomic E-state index is 11.7. The van der Waals surface area contributed by atoms with Gasteiger partial charge in [-0.2, -0.15) is 0 Å². The average molecular weight is 319 g/mol. The van der Waals surface area contributed by atoms with Crippen LogP contribution in [0.2, 0.25) is 0 Å². The van der Waals surface area contributed by atoms with E-state index in [-0.39, 0.29) is 12.5 Å². The molecule has 1 aromatic carbocycles. The number of carbonyl (C=O) groups excluding carboxylic acids is 1. The molecule has 0 aliphatic rings. The largest absolute Gasteiger partial charge is 0.445 e. The molecule has 1 aromatic rings. The third-order valence-corrected chi connectivity index (χ3v) is 3.38. The number of aliphatic hydroxyl groups excluding tert-OH is 1. The summed E-state index contributed by atoms with van der Waals surface area (Å²) in [5.41, 5.74) is 1.52. The number of nitrogens with one attached hydrogen (secondary N) is 1. The number of carbonyl (C=O) groups is 1. The van der Waals surface area contributed by atoms with Gasteiger partial charge in [-0.25, -0.2) is 4.79 Å². The lowest BCUT2D eigenvalue weighted by Gasteiger charge is -2.22. The average Bonchev–Trinajstić information content (AvgIpc) is 2.55.